The first kappa shape index (κ1) is 20.7. The molecule has 1 amide bonds. The van der Waals surface area contributed by atoms with Gasteiger partial charge >= 0.3 is 0 Å². The molecule has 4 N–H and O–H groups in total. The standard InChI is InChI=1S/C24H26ClN3O/c1-16(26)12-23(29)27-20-10-11-22(21(25)14-20)28-24(2,3)15-17-8-9-18-6-4-5-7-19(18)13-17/h4-14,28H,15,26H2,1-3H3,(H,27,29). The minimum atomic E-state index is -0.279. The lowest BCUT2D eigenvalue weighted by Crippen LogP contribution is -2.33. The number of hydrogen-bond donors (Lipinski definition) is 3. The number of benzene rings is 3. The number of carbonyl (C=O) groups is 1. The first-order valence-electron chi connectivity index (χ1n) is 9.52. The van der Waals surface area contributed by atoms with Crippen LogP contribution in [0.15, 0.2) is 72.4 Å². The molecule has 0 fully saturated rings. The van der Waals surface area contributed by atoms with Crippen LogP contribution in [0.25, 0.3) is 10.8 Å². The number of halogens is 1. The molecule has 0 atom stereocenters. The van der Waals surface area contributed by atoms with E-state index in [-0.39, 0.29) is 11.4 Å². The van der Waals surface area contributed by atoms with E-state index in [1.54, 1.807) is 13.0 Å². The third kappa shape index (κ3) is 5.75. The van der Waals surface area contributed by atoms with Crippen molar-refractivity contribution in [2.24, 2.45) is 5.73 Å². The van der Waals surface area contributed by atoms with E-state index in [0.717, 1.165) is 12.1 Å². The molecular weight excluding hydrogens is 382 g/mol. The highest BCUT2D eigenvalue weighted by molar-refractivity contribution is 6.33. The third-order valence-corrected chi connectivity index (χ3v) is 4.84. The Morgan fingerprint density at radius 1 is 1.07 bits per heavy atom. The minimum absolute atomic E-state index is 0.212. The number of fused-ring (bicyclic) bond motifs is 1. The zero-order valence-electron chi connectivity index (χ0n) is 16.9. The first-order chi connectivity index (χ1) is 13.7. The number of hydrogen-bond acceptors (Lipinski definition) is 3. The van der Waals surface area contributed by atoms with Gasteiger partial charge in [-0.3, -0.25) is 4.79 Å². The van der Waals surface area contributed by atoms with Crippen molar-refractivity contribution in [1.29, 1.82) is 0 Å². The van der Waals surface area contributed by atoms with Crippen molar-refractivity contribution in [3.05, 3.63) is 83.0 Å². The molecule has 150 valence electrons. The highest BCUT2D eigenvalue weighted by atomic mass is 35.5. The second kappa shape index (κ2) is 8.58. The van der Waals surface area contributed by atoms with Gasteiger partial charge in [-0.2, -0.15) is 0 Å². The molecule has 0 aliphatic heterocycles. The fraction of sp³-hybridized carbons (Fsp3) is 0.208. The summed E-state index contributed by atoms with van der Waals surface area (Å²) in [5.74, 6) is -0.279. The molecule has 0 aromatic heterocycles. The molecule has 0 radical (unpaired) electrons. The van der Waals surface area contributed by atoms with Gasteiger partial charge in [0, 0.05) is 23.0 Å². The van der Waals surface area contributed by atoms with Crippen LogP contribution in [0.4, 0.5) is 11.4 Å². The van der Waals surface area contributed by atoms with Gasteiger partial charge in [-0.1, -0.05) is 54.1 Å². The Morgan fingerprint density at radius 2 is 1.79 bits per heavy atom. The van der Waals surface area contributed by atoms with E-state index < -0.39 is 0 Å². The van der Waals surface area contributed by atoms with Crippen LogP contribution < -0.4 is 16.4 Å². The number of amides is 1. The van der Waals surface area contributed by atoms with Crippen molar-refractivity contribution in [3.8, 4) is 0 Å². The lowest BCUT2D eigenvalue weighted by Gasteiger charge is -2.28. The average Bonchev–Trinajstić information content (AvgIpc) is 2.63. The van der Waals surface area contributed by atoms with Crippen LogP contribution >= 0.6 is 11.6 Å². The molecule has 0 aliphatic rings. The van der Waals surface area contributed by atoms with Crippen molar-refractivity contribution < 1.29 is 4.79 Å². The number of allylic oxidation sites excluding steroid dienone is 1. The smallest absolute Gasteiger partial charge is 0.250 e. The van der Waals surface area contributed by atoms with Crippen LogP contribution in [-0.2, 0) is 11.2 Å². The van der Waals surface area contributed by atoms with Gasteiger partial charge in [0.05, 0.1) is 10.7 Å². The van der Waals surface area contributed by atoms with Crippen LogP contribution in [0.1, 0.15) is 26.3 Å². The summed E-state index contributed by atoms with van der Waals surface area (Å²) in [6.45, 7) is 5.95. The maximum atomic E-state index is 11.8. The van der Waals surface area contributed by atoms with Gasteiger partial charge in [0.15, 0.2) is 0 Å². The van der Waals surface area contributed by atoms with E-state index in [2.05, 4.69) is 66.9 Å². The molecule has 0 heterocycles. The molecule has 3 rings (SSSR count). The molecule has 0 spiro atoms. The van der Waals surface area contributed by atoms with E-state index >= 15 is 0 Å². The lowest BCUT2D eigenvalue weighted by molar-refractivity contribution is -0.111. The van der Waals surface area contributed by atoms with Crippen molar-refractivity contribution >= 4 is 39.7 Å². The van der Waals surface area contributed by atoms with E-state index in [4.69, 9.17) is 17.3 Å². The average molecular weight is 408 g/mol. The van der Waals surface area contributed by atoms with E-state index in [1.807, 2.05) is 12.1 Å². The van der Waals surface area contributed by atoms with Crippen LogP contribution in [0.3, 0.4) is 0 Å². The fourth-order valence-corrected chi connectivity index (χ4v) is 3.57. The number of nitrogens with one attached hydrogen (secondary N) is 2. The van der Waals surface area contributed by atoms with E-state index in [1.165, 1.54) is 22.4 Å². The number of anilines is 2. The van der Waals surface area contributed by atoms with Gasteiger partial charge in [-0.15, -0.1) is 0 Å². The van der Waals surface area contributed by atoms with Crippen molar-refractivity contribution in [3.63, 3.8) is 0 Å². The maximum Gasteiger partial charge on any atom is 0.250 e. The molecule has 0 bridgehead atoms. The quantitative estimate of drug-likeness (QED) is 0.457. The molecule has 0 aliphatic carbocycles. The Morgan fingerprint density at radius 3 is 2.48 bits per heavy atom. The third-order valence-electron chi connectivity index (χ3n) is 4.53. The summed E-state index contributed by atoms with van der Waals surface area (Å²) in [7, 11) is 0. The van der Waals surface area contributed by atoms with Crippen LogP contribution in [0.2, 0.25) is 5.02 Å². The van der Waals surface area contributed by atoms with Gasteiger partial charge in [-0.05, 0) is 61.7 Å². The predicted molar refractivity (Wildman–Crippen MR) is 123 cm³/mol. The summed E-state index contributed by atoms with van der Waals surface area (Å²) in [6, 6.07) is 20.3. The Hall–Kier alpha value is -2.98. The Balaban J connectivity index is 1.71. The largest absolute Gasteiger partial charge is 0.402 e. The Bertz CT molecular complexity index is 1070. The lowest BCUT2D eigenvalue weighted by atomic mass is 9.93. The van der Waals surface area contributed by atoms with Gasteiger partial charge in [0.1, 0.15) is 0 Å². The Labute approximate surface area is 176 Å². The van der Waals surface area contributed by atoms with Crippen molar-refractivity contribution in [2.45, 2.75) is 32.7 Å². The van der Waals surface area contributed by atoms with Crippen molar-refractivity contribution in [2.75, 3.05) is 10.6 Å². The van der Waals surface area contributed by atoms with Crippen LogP contribution in [0.5, 0.6) is 0 Å². The second-order valence-electron chi connectivity index (χ2n) is 7.94. The number of nitrogens with two attached hydrogens (primary N) is 1. The highest BCUT2D eigenvalue weighted by Crippen LogP contribution is 2.29. The van der Waals surface area contributed by atoms with Gasteiger partial charge in [-0.25, -0.2) is 0 Å². The summed E-state index contributed by atoms with van der Waals surface area (Å²) >= 11 is 6.45. The maximum absolute atomic E-state index is 11.8. The summed E-state index contributed by atoms with van der Waals surface area (Å²) < 4.78 is 0. The molecule has 29 heavy (non-hydrogen) atoms. The van der Waals surface area contributed by atoms with Crippen molar-refractivity contribution in [1.82, 2.24) is 0 Å². The summed E-state index contributed by atoms with van der Waals surface area (Å²) in [4.78, 5) is 11.8. The topological polar surface area (TPSA) is 67.2 Å². The number of carbonyl (C=O) groups excluding carboxylic acids is 1. The second-order valence-corrected chi connectivity index (χ2v) is 8.35. The van der Waals surface area contributed by atoms with Gasteiger partial charge in [0.2, 0.25) is 5.91 Å². The zero-order valence-corrected chi connectivity index (χ0v) is 17.7. The summed E-state index contributed by atoms with van der Waals surface area (Å²) in [6.07, 6.45) is 2.18. The molecule has 3 aromatic carbocycles. The molecule has 3 aromatic rings. The number of rotatable bonds is 6. The first-order valence-corrected chi connectivity index (χ1v) is 9.90. The van der Waals surface area contributed by atoms with E-state index in [9.17, 15) is 4.79 Å². The summed E-state index contributed by atoms with van der Waals surface area (Å²) in [5, 5.41) is 9.29. The molecule has 0 saturated carbocycles. The fourth-order valence-electron chi connectivity index (χ4n) is 3.35. The molecule has 0 unspecified atom stereocenters. The molecule has 0 saturated heterocycles. The minimum Gasteiger partial charge on any atom is -0.402 e. The summed E-state index contributed by atoms with van der Waals surface area (Å²) in [5.41, 5.74) is 8.46. The van der Waals surface area contributed by atoms with Crippen LogP contribution in [0, 0.1) is 0 Å². The zero-order chi connectivity index (χ0) is 21.0. The predicted octanol–water partition coefficient (Wildman–Crippen LogP) is 5.73. The van der Waals surface area contributed by atoms with Gasteiger partial charge < -0.3 is 16.4 Å². The monoisotopic (exact) mass is 407 g/mol. The Kier molecular flexibility index (Phi) is 6.14. The van der Waals surface area contributed by atoms with E-state index in [0.29, 0.717) is 16.4 Å². The highest BCUT2D eigenvalue weighted by Gasteiger charge is 2.20. The molecule has 4 nitrogen and oxygen atoms in total. The molecular formula is C24H26ClN3O. The normalized spacial score (nSPS) is 12.1. The van der Waals surface area contributed by atoms with Gasteiger partial charge in [0.25, 0.3) is 0 Å². The SMILES string of the molecule is CC(N)=CC(=O)Nc1ccc(NC(C)(C)Cc2ccc3ccccc3c2)c(Cl)c1. The van der Waals surface area contributed by atoms with Crippen LogP contribution in [-0.4, -0.2) is 11.4 Å². The molecule has 5 heteroatoms.